The maximum Gasteiger partial charge on any atom is 0.251 e. The summed E-state index contributed by atoms with van der Waals surface area (Å²) in [5.74, 6) is -0.220. The Bertz CT molecular complexity index is 740. The van der Waals surface area contributed by atoms with Gasteiger partial charge >= 0.3 is 0 Å². The molecule has 27 heavy (non-hydrogen) atoms. The molecule has 0 atom stereocenters. The molecule has 0 saturated carbocycles. The second kappa shape index (κ2) is 10.2. The van der Waals surface area contributed by atoms with Gasteiger partial charge in [0, 0.05) is 34.6 Å². The van der Waals surface area contributed by atoms with E-state index in [4.69, 9.17) is 5.73 Å². The number of anilines is 1. The summed E-state index contributed by atoms with van der Waals surface area (Å²) < 4.78 is 0. The van der Waals surface area contributed by atoms with E-state index in [1.165, 1.54) is 4.88 Å². The van der Waals surface area contributed by atoms with E-state index in [2.05, 4.69) is 16.7 Å². The van der Waals surface area contributed by atoms with E-state index in [9.17, 15) is 9.59 Å². The average molecular weight is 388 g/mol. The van der Waals surface area contributed by atoms with Crippen LogP contribution in [-0.4, -0.2) is 23.9 Å². The Morgan fingerprint density at radius 3 is 2.59 bits per heavy atom. The summed E-state index contributed by atoms with van der Waals surface area (Å²) in [7, 11) is 0. The lowest BCUT2D eigenvalue weighted by molar-refractivity contribution is -0.116. The van der Waals surface area contributed by atoms with Gasteiger partial charge in [-0.3, -0.25) is 9.59 Å². The fraction of sp³-hybridized carbons (Fsp3) is 0.429. The van der Waals surface area contributed by atoms with Crippen molar-refractivity contribution in [2.24, 2.45) is 5.73 Å². The lowest BCUT2D eigenvalue weighted by Crippen LogP contribution is -2.49. The van der Waals surface area contributed by atoms with E-state index < -0.39 is 0 Å². The molecule has 0 fully saturated rings. The molecular weight excluding hydrogens is 358 g/mol. The van der Waals surface area contributed by atoms with Gasteiger partial charge in [0.1, 0.15) is 0 Å². The Kier molecular flexibility index (Phi) is 8.00. The standard InChI is InChI=1S/C21H29N3O2S/c1-3-21(22,4-2)15-23-20(26)16-8-5-9-17(14-16)24-19(25)12-6-10-18-11-7-13-27-18/h5,7-9,11,13-14H,3-4,6,10,12,15,22H2,1-2H3,(H,23,26)(H,24,25). The number of thiophene rings is 1. The van der Waals surface area contributed by atoms with Crippen LogP contribution in [0.3, 0.4) is 0 Å². The Hall–Kier alpha value is -2.18. The molecule has 0 aliphatic carbocycles. The third kappa shape index (κ3) is 6.81. The first-order chi connectivity index (χ1) is 13.0. The lowest BCUT2D eigenvalue weighted by atomic mass is 9.94. The van der Waals surface area contributed by atoms with Crippen molar-refractivity contribution in [1.29, 1.82) is 0 Å². The van der Waals surface area contributed by atoms with E-state index in [1.807, 2.05) is 25.3 Å². The van der Waals surface area contributed by atoms with Crippen molar-refractivity contribution in [3.63, 3.8) is 0 Å². The van der Waals surface area contributed by atoms with Crippen molar-refractivity contribution < 1.29 is 9.59 Å². The summed E-state index contributed by atoms with van der Waals surface area (Å²) in [5, 5.41) is 7.81. The predicted octanol–water partition coefficient (Wildman–Crippen LogP) is 3.96. The zero-order valence-electron chi connectivity index (χ0n) is 16.1. The van der Waals surface area contributed by atoms with Crippen LogP contribution >= 0.6 is 11.3 Å². The van der Waals surface area contributed by atoms with Crippen LogP contribution in [0.1, 0.15) is 54.8 Å². The summed E-state index contributed by atoms with van der Waals surface area (Å²) in [6.45, 7) is 4.46. The van der Waals surface area contributed by atoms with Gasteiger partial charge in [-0.1, -0.05) is 26.0 Å². The molecular formula is C21H29N3O2S. The van der Waals surface area contributed by atoms with Crippen LogP contribution in [0.5, 0.6) is 0 Å². The fourth-order valence-corrected chi connectivity index (χ4v) is 3.45. The van der Waals surface area contributed by atoms with E-state index in [1.54, 1.807) is 35.6 Å². The molecule has 146 valence electrons. The van der Waals surface area contributed by atoms with Crippen LogP contribution in [-0.2, 0) is 11.2 Å². The molecule has 2 rings (SSSR count). The number of carbonyl (C=O) groups is 2. The molecule has 0 radical (unpaired) electrons. The number of hydrogen-bond acceptors (Lipinski definition) is 4. The van der Waals surface area contributed by atoms with Crippen LogP contribution in [0.2, 0.25) is 0 Å². The topological polar surface area (TPSA) is 84.2 Å². The highest BCUT2D eigenvalue weighted by Gasteiger charge is 2.21. The number of rotatable bonds is 10. The summed E-state index contributed by atoms with van der Waals surface area (Å²) in [5.41, 5.74) is 6.99. The molecule has 1 aromatic carbocycles. The predicted molar refractivity (Wildman–Crippen MR) is 112 cm³/mol. The van der Waals surface area contributed by atoms with Crippen LogP contribution in [0.15, 0.2) is 41.8 Å². The van der Waals surface area contributed by atoms with Crippen molar-refractivity contribution in [3.05, 3.63) is 52.2 Å². The SMILES string of the molecule is CCC(N)(CC)CNC(=O)c1cccc(NC(=O)CCCc2cccs2)c1. The molecule has 4 N–H and O–H groups in total. The Labute approximate surface area is 165 Å². The van der Waals surface area contributed by atoms with Crippen molar-refractivity contribution in [2.75, 3.05) is 11.9 Å². The maximum atomic E-state index is 12.4. The van der Waals surface area contributed by atoms with Gasteiger partial charge in [0.25, 0.3) is 5.91 Å². The van der Waals surface area contributed by atoms with Crippen LogP contribution in [0, 0.1) is 0 Å². The van der Waals surface area contributed by atoms with Gasteiger partial charge in [-0.05, 0) is 55.3 Å². The number of carbonyl (C=O) groups excluding carboxylic acids is 2. The minimum Gasteiger partial charge on any atom is -0.350 e. The van der Waals surface area contributed by atoms with Gasteiger partial charge in [-0.25, -0.2) is 0 Å². The van der Waals surface area contributed by atoms with Crippen molar-refractivity contribution in [2.45, 2.75) is 51.5 Å². The monoisotopic (exact) mass is 387 g/mol. The van der Waals surface area contributed by atoms with Gasteiger partial charge in [0.05, 0.1) is 0 Å². The molecule has 1 heterocycles. The third-order valence-corrected chi connectivity index (χ3v) is 5.76. The largest absolute Gasteiger partial charge is 0.350 e. The molecule has 0 bridgehead atoms. The Balaban J connectivity index is 1.84. The van der Waals surface area contributed by atoms with Crippen LogP contribution in [0.4, 0.5) is 5.69 Å². The first kappa shape index (κ1) is 21.1. The quantitative estimate of drug-likeness (QED) is 0.577. The zero-order chi connectivity index (χ0) is 19.7. The number of nitrogens with one attached hydrogen (secondary N) is 2. The molecule has 2 amide bonds. The van der Waals surface area contributed by atoms with Gasteiger partial charge in [-0.15, -0.1) is 11.3 Å². The molecule has 0 saturated heterocycles. The van der Waals surface area contributed by atoms with E-state index in [0.717, 1.165) is 25.7 Å². The third-order valence-electron chi connectivity index (χ3n) is 4.82. The number of nitrogens with two attached hydrogens (primary N) is 1. The second-order valence-corrected chi connectivity index (χ2v) is 7.85. The minimum atomic E-state index is -0.385. The molecule has 0 aliphatic heterocycles. The summed E-state index contributed by atoms with van der Waals surface area (Å²) in [4.78, 5) is 25.8. The van der Waals surface area contributed by atoms with Crippen LogP contribution in [0.25, 0.3) is 0 Å². The molecule has 5 nitrogen and oxygen atoms in total. The molecule has 0 spiro atoms. The second-order valence-electron chi connectivity index (χ2n) is 6.81. The molecule has 2 aromatic rings. The summed E-state index contributed by atoms with van der Waals surface area (Å²) in [6, 6.07) is 11.1. The van der Waals surface area contributed by atoms with Crippen LogP contribution < -0.4 is 16.4 Å². The van der Waals surface area contributed by atoms with Gasteiger partial charge in [0.2, 0.25) is 5.91 Å². The smallest absolute Gasteiger partial charge is 0.251 e. The summed E-state index contributed by atoms with van der Waals surface area (Å²) in [6.07, 6.45) is 3.76. The number of hydrogen-bond donors (Lipinski definition) is 3. The lowest BCUT2D eigenvalue weighted by Gasteiger charge is -2.26. The van der Waals surface area contributed by atoms with Crippen molar-refractivity contribution >= 4 is 28.8 Å². The van der Waals surface area contributed by atoms with Crippen molar-refractivity contribution in [3.8, 4) is 0 Å². The molecule has 0 aliphatic rings. The highest BCUT2D eigenvalue weighted by atomic mass is 32.1. The first-order valence-corrected chi connectivity index (χ1v) is 10.3. The molecule has 1 aromatic heterocycles. The van der Waals surface area contributed by atoms with Crippen molar-refractivity contribution in [1.82, 2.24) is 5.32 Å². The summed E-state index contributed by atoms with van der Waals surface area (Å²) >= 11 is 1.71. The Morgan fingerprint density at radius 2 is 1.93 bits per heavy atom. The maximum absolute atomic E-state index is 12.4. The van der Waals surface area contributed by atoms with Gasteiger partial charge in [-0.2, -0.15) is 0 Å². The molecule has 0 unspecified atom stereocenters. The minimum absolute atomic E-state index is 0.0398. The number of aryl methyl sites for hydroxylation is 1. The van der Waals surface area contributed by atoms with Gasteiger partial charge in [0.15, 0.2) is 0 Å². The highest BCUT2D eigenvalue weighted by molar-refractivity contribution is 7.09. The highest BCUT2D eigenvalue weighted by Crippen LogP contribution is 2.15. The van der Waals surface area contributed by atoms with Gasteiger partial charge < -0.3 is 16.4 Å². The first-order valence-electron chi connectivity index (χ1n) is 9.45. The average Bonchev–Trinajstić information content (AvgIpc) is 3.19. The Morgan fingerprint density at radius 1 is 1.15 bits per heavy atom. The van der Waals surface area contributed by atoms with E-state index in [0.29, 0.717) is 24.2 Å². The number of benzene rings is 1. The number of amides is 2. The fourth-order valence-electron chi connectivity index (χ4n) is 2.70. The zero-order valence-corrected chi connectivity index (χ0v) is 16.9. The molecule has 6 heteroatoms. The normalized spacial score (nSPS) is 11.2. The van der Waals surface area contributed by atoms with E-state index in [-0.39, 0.29) is 17.4 Å². The van der Waals surface area contributed by atoms with E-state index >= 15 is 0 Å².